The summed E-state index contributed by atoms with van der Waals surface area (Å²) in [5.41, 5.74) is 4.76. The van der Waals surface area contributed by atoms with E-state index in [2.05, 4.69) is 15.8 Å². The molecule has 2 N–H and O–H groups in total. The quantitative estimate of drug-likeness (QED) is 0.657. The van der Waals surface area contributed by atoms with Crippen LogP contribution in [0.25, 0.3) is 0 Å². The summed E-state index contributed by atoms with van der Waals surface area (Å²) < 4.78 is 0. The Hall–Kier alpha value is -2.47. The number of nitrogens with one attached hydrogen (secondary N) is 2. The molecule has 1 heterocycles. The largest absolute Gasteiger partial charge is 0.326 e. The number of carbonyl (C=O) groups is 2. The molecule has 0 spiro atoms. The van der Waals surface area contributed by atoms with E-state index < -0.39 is 0 Å². The van der Waals surface area contributed by atoms with Crippen molar-refractivity contribution in [3.8, 4) is 0 Å². The fraction of sp³-hybridized carbons (Fsp3) is 0.188. The molecule has 0 aliphatic rings. The lowest BCUT2D eigenvalue weighted by Gasteiger charge is -2.04. The Kier molecular flexibility index (Phi) is 5.43. The van der Waals surface area contributed by atoms with Crippen molar-refractivity contribution < 1.29 is 9.59 Å². The van der Waals surface area contributed by atoms with E-state index in [0.717, 1.165) is 10.4 Å². The van der Waals surface area contributed by atoms with Crippen molar-refractivity contribution in [2.75, 3.05) is 5.32 Å². The number of carbonyl (C=O) groups excluding carboxylic acids is 2. The molecule has 22 heavy (non-hydrogen) atoms. The Bertz CT molecular complexity index is 690. The number of thiophene rings is 1. The van der Waals surface area contributed by atoms with Crippen molar-refractivity contribution in [3.05, 3.63) is 51.7 Å². The van der Waals surface area contributed by atoms with Gasteiger partial charge in [0.05, 0.1) is 6.21 Å². The highest BCUT2D eigenvalue weighted by molar-refractivity contribution is 7.11. The van der Waals surface area contributed by atoms with Crippen LogP contribution in [0.1, 0.15) is 34.1 Å². The molecule has 2 aromatic rings. The first-order chi connectivity index (χ1) is 10.6. The van der Waals surface area contributed by atoms with Crippen molar-refractivity contribution in [2.45, 2.75) is 20.3 Å². The molecular formula is C16H17N3O2S. The lowest BCUT2D eigenvalue weighted by Crippen LogP contribution is -2.17. The minimum absolute atomic E-state index is 0.0619. The molecule has 0 atom stereocenters. The molecule has 0 aliphatic heterocycles. The zero-order chi connectivity index (χ0) is 15.9. The fourth-order valence-corrected chi connectivity index (χ4v) is 2.47. The highest BCUT2D eigenvalue weighted by atomic mass is 32.1. The first-order valence-corrected chi connectivity index (χ1v) is 7.75. The van der Waals surface area contributed by atoms with Gasteiger partial charge in [-0.3, -0.25) is 9.59 Å². The second-order valence-electron chi connectivity index (χ2n) is 4.65. The van der Waals surface area contributed by atoms with E-state index in [1.165, 1.54) is 0 Å². The Balaban J connectivity index is 1.94. The van der Waals surface area contributed by atoms with E-state index in [1.807, 2.05) is 18.4 Å². The van der Waals surface area contributed by atoms with Crippen LogP contribution in [0.5, 0.6) is 0 Å². The summed E-state index contributed by atoms with van der Waals surface area (Å²) in [4.78, 5) is 24.2. The van der Waals surface area contributed by atoms with E-state index in [4.69, 9.17) is 0 Å². The Morgan fingerprint density at radius 1 is 1.23 bits per heavy atom. The maximum Gasteiger partial charge on any atom is 0.271 e. The molecule has 0 bridgehead atoms. The van der Waals surface area contributed by atoms with Gasteiger partial charge in [0.25, 0.3) is 5.91 Å². The van der Waals surface area contributed by atoms with Crippen LogP contribution >= 0.6 is 11.3 Å². The predicted molar refractivity (Wildman–Crippen MR) is 89.5 cm³/mol. The van der Waals surface area contributed by atoms with Crippen molar-refractivity contribution in [1.82, 2.24) is 5.43 Å². The number of hydrazone groups is 1. The summed E-state index contributed by atoms with van der Waals surface area (Å²) in [5.74, 6) is -0.355. The third-order valence-corrected chi connectivity index (χ3v) is 3.96. The van der Waals surface area contributed by atoms with Crippen LogP contribution in [0.3, 0.4) is 0 Å². The molecule has 0 saturated heterocycles. The number of aryl methyl sites for hydroxylation is 1. The van der Waals surface area contributed by atoms with E-state index >= 15 is 0 Å². The van der Waals surface area contributed by atoms with Crippen LogP contribution in [0.15, 0.2) is 40.8 Å². The van der Waals surface area contributed by atoms with Crippen molar-refractivity contribution >= 4 is 35.1 Å². The molecule has 5 nitrogen and oxygen atoms in total. The van der Waals surface area contributed by atoms with Gasteiger partial charge in [-0.1, -0.05) is 6.92 Å². The third-order valence-electron chi connectivity index (χ3n) is 3.00. The van der Waals surface area contributed by atoms with Gasteiger partial charge in [-0.15, -0.1) is 11.3 Å². The standard InChI is InChI=1S/C16H17N3O2S/c1-3-15(20)18-13-6-4-12(5-7-13)16(21)19-17-10-14-11(2)8-9-22-14/h4-10H,3H2,1-2H3,(H,18,20)(H,19,21). The fourth-order valence-electron chi connectivity index (χ4n) is 1.69. The molecule has 0 unspecified atom stereocenters. The number of hydrogen-bond acceptors (Lipinski definition) is 4. The minimum Gasteiger partial charge on any atom is -0.326 e. The maximum atomic E-state index is 11.9. The second-order valence-corrected chi connectivity index (χ2v) is 5.59. The molecule has 1 aromatic heterocycles. The molecule has 0 radical (unpaired) electrons. The monoisotopic (exact) mass is 315 g/mol. The summed E-state index contributed by atoms with van der Waals surface area (Å²) in [6.45, 7) is 3.77. The summed E-state index contributed by atoms with van der Waals surface area (Å²) in [7, 11) is 0. The smallest absolute Gasteiger partial charge is 0.271 e. The van der Waals surface area contributed by atoms with Crippen molar-refractivity contribution in [2.24, 2.45) is 5.10 Å². The Labute approximate surface area is 133 Å². The first-order valence-electron chi connectivity index (χ1n) is 6.87. The molecule has 0 fully saturated rings. The Morgan fingerprint density at radius 3 is 2.55 bits per heavy atom. The number of rotatable bonds is 5. The molecule has 2 amide bonds. The highest BCUT2D eigenvalue weighted by Gasteiger charge is 2.05. The normalized spacial score (nSPS) is 10.6. The molecular weight excluding hydrogens is 298 g/mol. The zero-order valence-corrected chi connectivity index (χ0v) is 13.2. The van der Waals surface area contributed by atoms with Gasteiger partial charge < -0.3 is 5.32 Å². The molecule has 0 aliphatic carbocycles. The lowest BCUT2D eigenvalue weighted by atomic mass is 10.2. The molecule has 0 saturated carbocycles. The van der Waals surface area contributed by atoms with Crippen LogP contribution in [0, 0.1) is 6.92 Å². The van der Waals surface area contributed by atoms with E-state index in [9.17, 15) is 9.59 Å². The molecule has 114 valence electrons. The van der Waals surface area contributed by atoms with Gasteiger partial charge >= 0.3 is 0 Å². The minimum atomic E-state index is -0.293. The number of amides is 2. The predicted octanol–water partition coefficient (Wildman–Crippen LogP) is 3.17. The summed E-state index contributed by atoms with van der Waals surface area (Å²) in [5, 5.41) is 8.65. The van der Waals surface area contributed by atoms with Crippen LogP contribution in [-0.4, -0.2) is 18.0 Å². The summed E-state index contributed by atoms with van der Waals surface area (Å²) in [6.07, 6.45) is 2.05. The first kappa shape index (κ1) is 15.9. The topological polar surface area (TPSA) is 70.6 Å². The highest BCUT2D eigenvalue weighted by Crippen LogP contribution is 2.12. The summed E-state index contributed by atoms with van der Waals surface area (Å²) >= 11 is 1.57. The van der Waals surface area contributed by atoms with Gasteiger partial charge in [0.1, 0.15) is 0 Å². The van der Waals surface area contributed by atoms with Gasteiger partial charge in [0.2, 0.25) is 5.91 Å². The zero-order valence-electron chi connectivity index (χ0n) is 12.4. The van der Waals surface area contributed by atoms with Crippen LogP contribution in [-0.2, 0) is 4.79 Å². The van der Waals surface area contributed by atoms with E-state index in [1.54, 1.807) is 48.7 Å². The molecule has 2 rings (SSSR count). The van der Waals surface area contributed by atoms with Gasteiger partial charge in [-0.05, 0) is 48.2 Å². The second kappa shape index (κ2) is 7.51. The average Bonchev–Trinajstić information content (AvgIpc) is 2.93. The summed E-state index contributed by atoms with van der Waals surface area (Å²) in [6, 6.07) is 8.67. The van der Waals surface area contributed by atoms with Gasteiger partial charge in [-0.2, -0.15) is 5.10 Å². The van der Waals surface area contributed by atoms with Gasteiger partial charge in [0.15, 0.2) is 0 Å². The average molecular weight is 315 g/mol. The lowest BCUT2D eigenvalue weighted by molar-refractivity contribution is -0.115. The third kappa shape index (κ3) is 4.26. The number of benzene rings is 1. The van der Waals surface area contributed by atoms with Crippen molar-refractivity contribution in [3.63, 3.8) is 0 Å². The number of nitrogens with zero attached hydrogens (tertiary/aromatic N) is 1. The van der Waals surface area contributed by atoms with Gasteiger partial charge in [0, 0.05) is 22.5 Å². The van der Waals surface area contributed by atoms with E-state index in [0.29, 0.717) is 17.7 Å². The number of hydrogen-bond donors (Lipinski definition) is 2. The SMILES string of the molecule is CCC(=O)Nc1ccc(C(=O)NN=Cc2sccc2C)cc1. The maximum absolute atomic E-state index is 11.9. The molecule has 6 heteroatoms. The number of anilines is 1. The van der Waals surface area contributed by atoms with Crippen LogP contribution in [0.4, 0.5) is 5.69 Å². The van der Waals surface area contributed by atoms with Crippen molar-refractivity contribution in [1.29, 1.82) is 0 Å². The van der Waals surface area contributed by atoms with Gasteiger partial charge in [-0.25, -0.2) is 5.43 Å². The van der Waals surface area contributed by atoms with Crippen LogP contribution < -0.4 is 10.7 Å². The molecule has 1 aromatic carbocycles. The van der Waals surface area contributed by atoms with Crippen LogP contribution in [0.2, 0.25) is 0 Å². The van der Waals surface area contributed by atoms with E-state index in [-0.39, 0.29) is 11.8 Å². The Morgan fingerprint density at radius 2 is 1.95 bits per heavy atom.